The molecule has 0 aliphatic heterocycles. The third-order valence-electron chi connectivity index (χ3n) is 4.40. The van der Waals surface area contributed by atoms with Crippen molar-refractivity contribution in [3.8, 4) is 0 Å². The zero-order chi connectivity index (χ0) is 10.2. The standard InChI is InChI=1S/C13H25N/c1-10(2)14-9-12-8-13(12)6-4-11(3)5-7-13/h10-12,14H,4-9H2,1-3H3. The monoisotopic (exact) mass is 195 g/mol. The molecule has 1 N–H and O–H groups in total. The summed E-state index contributed by atoms with van der Waals surface area (Å²) in [5.41, 5.74) is 0.800. The highest BCUT2D eigenvalue weighted by Crippen LogP contribution is 2.61. The molecule has 0 aromatic heterocycles. The van der Waals surface area contributed by atoms with Gasteiger partial charge in [-0.2, -0.15) is 0 Å². The zero-order valence-corrected chi connectivity index (χ0v) is 9.97. The fourth-order valence-electron chi connectivity index (χ4n) is 3.05. The molecule has 1 nitrogen and oxygen atoms in total. The molecule has 2 rings (SSSR count). The first kappa shape index (κ1) is 10.5. The lowest BCUT2D eigenvalue weighted by Gasteiger charge is -2.27. The van der Waals surface area contributed by atoms with Crippen LogP contribution in [0.5, 0.6) is 0 Å². The first-order valence-corrected chi connectivity index (χ1v) is 6.36. The molecule has 1 heteroatoms. The maximum absolute atomic E-state index is 3.59. The summed E-state index contributed by atoms with van der Waals surface area (Å²) in [4.78, 5) is 0. The van der Waals surface area contributed by atoms with Gasteiger partial charge in [-0.05, 0) is 43.1 Å². The Bertz CT molecular complexity index is 189. The predicted octanol–water partition coefficient (Wildman–Crippen LogP) is 3.20. The van der Waals surface area contributed by atoms with Gasteiger partial charge in [0.2, 0.25) is 0 Å². The quantitative estimate of drug-likeness (QED) is 0.729. The average molecular weight is 195 g/mol. The average Bonchev–Trinajstić information content (AvgIpc) is 2.82. The van der Waals surface area contributed by atoms with Crippen molar-refractivity contribution >= 4 is 0 Å². The molecule has 0 aromatic rings. The van der Waals surface area contributed by atoms with Gasteiger partial charge in [0.05, 0.1) is 0 Å². The van der Waals surface area contributed by atoms with E-state index in [4.69, 9.17) is 0 Å². The molecule has 0 radical (unpaired) electrons. The normalized spacial score (nSPS) is 42.0. The maximum atomic E-state index is 3.59. The van der Waals surface area contributed by atoms with Gasteiger partial charge in [0.25, 0.3) is 0 Å². The van der Waals surface area contributed by atoms with Crippen molar-refractivity contribution in [3.63, 3.8) is 0 Å². The van der Waals surface area contributed by atoms with E-state index in [1.807, 2.05) is 0 Å². The van der Waals surface area contributed by atoms with E-state index in [1.54, 1.807) is 0 Å². The third kappa shape index (κ3) is 2.13. The molecule has 0 saturated heterocycles. The molecule has 0 amide bonds. The fraction of sp³-hybridized carbons (Fsp3) is 1.00. The summed E-state index contributed by atoms with van der Waals surface area (Å²) in [6, 6.07) is 0.662. The van der Waals surface area contributed by atoms with Gasteiger partial charge < -0.3 is 5.32 Å². The Morgan fingerprint density at radius 1 is 1.29 bits per heavy atom. The van der Waals surface area contributed by atoms with Gasteiger partial charge in [0.1, 0.15) is 0 Å². The summed E-state index contributed by atoms with van der Waals surface area (Å²) in [5, 5.41) is 3.59. The van der Waals surface area contributed by atoms with E-state index in [0.717, 1.165) is 17.3 Å². The van der Waals surface area contributed by atoms with Gasteiger partial charge >= 0.3 is 0 Å². The summed E-state index contributed by atoms with van der Waals surface area (Å²) >= 11 is 0. The summed E-state index contributed by atoms with van der Waals surface area (Å²) in [6.07, 6.45) is 7.51. The molecule has 2 aliphatic rings. The first-order valence-electron chi connectivity index (χ1n) is 6.36. The number of hydrogen-bond acceptors (Lipinski definition) is 1. The molecule has 0 aromatic carbocycles. The second-order valence-corrected chi connectivity index (χ2v) is 6.01. The molecule has 0 heterocycles. The van der Waals surface area contributed by atoms with Crippen molar-refractivity contribution in [1.29, 1.82) is 0 Å². The molecule has 2 saturated carbocycles. The van der Waals surface area contributed by atoms with Crippen LogP contribution < -0.4 is 5.32 Å². The molecule has 1 spiro atoms. The van der Waals surface area contributed by atoms with E-state index in [2.05, 4.69) is 26.1 Å². The van der Waals surface area contributed by atoms with Crippen molar-refractivity contribution in [3.05, 3.63) is 0 Å². The minimum absolute atomic E-state index is 0.662. The Kier molecular flexibility index (Phi) is 2.88. The molecule has 2 aliphatic carbocycles. The van der Waals surface area contributed by atoms with Crippen molar-refractivity contribution < 1.29 is 0 Å². The Balaban J connectivity index is 1.74. The fourth-order valence-corrected chi connectivity index (χ4v) is 3.05. The highest BCUT2D eigenvalue weighted by Gasteiger charge is 2.53. The largest absolute Gasteiger partial charge is 0.314 e. The van der Waals surface area contributed by atoms with Crippen LogP contribution in [0.1, 0.15) is 52.9 Å². The van der Waals surface area contributed by atoms with Crippen LogP contribution >= 0.6 is 0 Å². The van der Waals surface area contributed by atoms with Gasteiger partial charge in [-0.3, -0.25) is 0 Å². The van der Waals surface area contributed by atoms with Crippen LogP contribution in [0, 0.1) is 17.3 Å². The van der Waals surface area contributed by atoms with Gasteiger partial charge in [-0.25, -0.2) is 0 Å². The topological polar surface area (TPSA) is 12.0 Å². The van der Waals surface area contributed by atoms with Crippen LogP contribution in [-0.2, 0) is 0 Å². The smallest absolute Gasteiger partial charge is 0.00104 e. The molecule has 82 valence electrons. The summed E-state index contributed by atoms with van der Waals surface area (Å²) in [7, 11) is 0. The van der Waals surface area contributed by atoms with Crippen LogP contribution in [0.3, 0.4) is 0 Å². The SMILES string of the molecule is CC1CCC2(CC1)CC2CNC(C)C. The highest BCUT2D eigenvalue weighted by molar-refractivity contribution is 5.04. The molecule has 1 atom stereocenters. The molecule has 14 heavy (non-hydrogen) atoms. The van der Waals surface area contributed by atoms with Crippen LogP contribution in [0.15, 0.2) is 0 Å². The Morgan fingerprint density at radius 2 is 1.93 bits per heavy atom. The lowest BCUT2D eigenvalue weighted by atomic mass is 9.79. The summed E-state index contributed by atoms with van der Waals surface area (Å²) in [5.74, 6) is 2.01. The van der Waals surface area contributed by atoms with Crippen LogP contribution in [-0.4, -0.2) is 12.6 Å². The lowest BCUT2D eigenvalue weighted by Crippen LogP contribution is -2.27. The van der Waals surface area contributed by atoms with Crippen LogP contribution in [0.2, 0.25) is 0 Å². The van der Waals surface area contributed by atoms with Crippen molar-refractivity contribution in [2.75, 3.05) is 6.54 Å². The minimum atomic E-state index is 0.662. The van der Waals surface area contributed by atoms with Gasteiger partial charge in [-0.15, -0.1) is 0 Å². The van der Waals surface area contributed by atoms with Gasteiger partial charge in [0, 0.05) is 6.04 Å². The third-order valence-corrected chi connectivity index (χ3v) is 4.40. The van der Waals surface area contributed by atoms with Crippen molar-refractivity contribution in [1.82, 2.24) is 5.32 Å². The number of rotatable bonds is 3. The van der Waals surface area contributed by atoms with E-state index >= 15 is 0 Å². The lowest BCUT2D eigenvalue weighted by molar-refractivity contribution is 0.248. The second kappa shape index (κ2) is 3.84. The molecular weight excluding hydrogens is 170 g/mol. The van der Waals surface area contributed by atoms with Gasteiger partial charge in [0.15, 0.2) is 0 Å². The number of nitrogens with one attached hydrogen (secondary N) is 1. The maximum Gasteiger partial charge on any atom is 0.00104 e. The van der Waals surface area contributed by atoms with E-state index in [-0.39, 0.29) is 0 Å². The summed E-state index contributed by atoms with van der Waals surface area (Å²) in [6.45, 7) is 8.18. The van der Waals surface area contributed by atoms with E-state index < -0.39 is 0 Å². The zero-order valence-electron chi connectivity index (χ0n) is 9.97. The van der Waals surface area contributed by atoms with Crippen LogP contribution in [0.25, 0.3) is 0 Å². The van der Waals surface area contributed by atoms with Gasteiger partial charge in [-0.1, -0.05) is 33.6 Å². The van der Waals surface area contributed by atoms with E-state index in [0.29, 0.717) is 6.04 Å². The van der Waals surface area contributed by atoms with Crippen LogP contribution in [0.4, 0.5) is 0 Å². The number of hydrogen-bond donors (Lipinski definition) is 1. The Labute approximate surface area is 88.7 Å². The molecule has 1 unspecified atom stereocenters. The molecular formula is C13H25N. The summed E-state index contributed by atoms with van der Waals surface area (Å²) < 4.78 is 0. The minimum Gasteiger partial charge on any atom is -0.314 e. The Hall–Kier alpha value is -0.0400. The molecule has 0 bridgehead atoms. The second-order valence-electron chi connectivity index (χ2n) is 6.01. The first-order chi connectivity index (χ1) is 6.62. The Morgan fingerprint density at radius 3 is 2.50 bits per heavy atom. The van der Waals surface area contributed by atoms with E-state index in [9.17, 15) is 0 Å². The molecule has 2 fully saturated rings. The van der Waals surface area contributed by atoms with Crippen molar-refractivity contribution in [2.24, 2.45) is 17.3 Å². The highest BCUT2D eigenvalue weighted by atomic mass is 14.9. The van der Waals surface area contributed by atoms with E-state index in [1.165, 1.54) is 38.6 Å². The van der Waals surface area contributed by atoms with Crippen molar-refractivity contribution in [2.45, 2.75) is 58.9 Å². The predicted molar refractivity (Wildman–Crippen MR) is 61.3 cm³/mol.